The molecular formula is C34H37N7. The molecule has 5 heterocycles. The van der Waals surface area contributed by atoms with Crippen LogP contribution in [0.3, 0.4) is 0 Å². The van der Waals surface area contributed by atoms with E-state index in [0.29, 0.717) is 17.8 Å². The van der Waals surface area contributed by atoms with Gasteiger partial charge in [0.05, 0.1) is 11.2 Å². The van der Waals surface area contributed by atoms with Gasteiger partial charge in [0.25, 0.3) is 0 Å². The van der Waals surface area contributed by atoms with Crippen molar-refractivity contribution in [3.8, 4) is 22.5 Å². The van der Waals surface area contributed by atoms with Crippen molar-refractivity contribution in [1.82, 2.24) is 29.2 Å². The molecule has 2 aromatic carbocycles. The van der Waals surface area contributed by atoms with Gasteiger partial charge in [0.1, 0.15) is 22.9 Å². The van der Waals surface area contributed by atoms with Crippen LogP contribution in [-0.4, -0.2) is 67.4 Å². The molecule has 3 fully saturated rings. The Bertz CT molecular complexity index is 1690. The first-order chi connectivity index (χ1) is 20.2. The van der Waals surface area contributed by atoms with Gasteiger partial charge in [-0.3, -0.25) is 4.40 Å². The molecule has 7 nitrogen and oxygen atoms in total. The van der Waals surface area contributed by atoms with Crippen LogP contribution in [0.4, 0.5) is 5.82 Å². The fourth-order valence-electron chi connectivity index (χ4n) is 7.43. The van der Waals surface area contributed by atoms with Gasteiger partial charge in [0, 0.05) is 46.9 Å². The summed E-state index contributed by atoms with van der Waals surface area (Å²) in [7, 11) is 0. The second-order valence-electron chi connectivity index (χ2n) is 12.2. The van der Waals surface area contributed by atoms with Crippen LogP contribution in [0.15, 0.2) is 73.1 Å². The number of hydrogen-bond acceptors (Lipinski definition) is 6. The van der Waals surface area contributed by atoms with Crippen LogP contribution >= 0.6 is 0 Å². The Labute approximate surface area is 241 Å². The first-order valence-electron chi connectivity index (χ1n) is 15.3. The van der Waals surface area contributed by atoms with E-state index in [1.54, 1.807) is 6.20 Å². The highest BCUT2D eigenvalue weighted by atomic mass is 15.2. The molecule has 5 aromatic rings. The minimum atomic E-state index is 0.433. The normalized spacial score (nSPS) is 22.4. The number of nitrogen functional groups attached to an aromatic ring is 1. The third kappa shape index (κ3) is 4.48. The van der Waals surface area contributed by atoms with E-state index in [9.17, 15) is 0 Å². The molecule has 7 heteroatoms. The molecule has 3 aromatic heterocycles. The number of likely N-dealkylation sites (tertiary alicyclic amines) is 2. The monoisotopic (exact) mass is 543 g/mol. The molecule has 0 atom stereocenters. The number of hydrogen-bond donors (Lipinski definition) is 1. The Balaban J connectivity index is 1.06. The quantitative estimate of drug-likeness (QED) is 0.293. The molecular weight excluding hydrogens is 506 g/mol. The maximum absolute atomic E-state index is 6.49. The Morgan fingerprint density at radius 1 is 0.756 bits per heavy atom. The smallest absolute Gasteiger partial charge is 0.150 e. The van der Waals surface area contributed by atoms with Crippen LogP contribution in [0.2, 0.25) is 0 Å². The summed E-state index contributed by atoms with van der Waals surface area (Å²) in [5.74, 6) is 2.06. The molecule has 2 saturated heterocycles. The van der Waals surface area contributed by atoms with Crippen molar-refractivity contribution >= 4 is 22.2 Å². The summed E-state index contributed by atoms with van der Waals surface area (Å²) >= 11 is 0. The van der Waals surface area contributed by atoms with Crippen molar-refractivity contribution < 1.29 is 0 Å². The van der Waals surface area contributed by atoms with Crippen LogP contribution < -0.4 is 5.73 Å². The van der Waals surface area contributed by atoms with Gasteiger partial charge in [-0.05, 0) is 76.8 Å². The number of aromatic nitrogens is 4. The fraction of sp³-hybridized carbons (Fsp3) is 0.382. The topological polar surface area (TPSA) is 75.6 Å². The van der Waals surface area contributed by atoms with Crippen molar-refractivity contribution in [3.05, 3.63) is 78.9 Å². The van der Waals surface area contributed by atoms with Gasteiger partial charge in [0.15, 0.2) is 0 Å². The summed E-state index contributed by atoms with van der Waals surface area (Å²) in [6.07, 6.45) is 11.6. The molecule has 0 spiro atoms. The number of benzene rings is 2. The largest absolute Gasteiger partial charge is 0.382 e. The van der Waals surface area contributed by atoms with E-state index in [0.717, 1.165) is 63.6 Å². The molecule has 0 unspecified atom stereocenters. The number of nitrogens with zero attached hydrogens (tertiary/aromatic N) is 6. The van der Waals surface area contributed by atoms with Gasteiger partial charge in [-0.1, -0.05) is 48.5 Å². The zero-order valence-corrected chi connectivity index (χ0v) is 23.5. The summed E-state index contributed by atoms with van der Waals surface area (Å²) in [5, 5.41) is 1.11. The first kappa shape index (κ1) is 24.9. The maximum Gasteiger partial charge on any atom is 0.150 e. The Morgan fingerprint density at radius 2 is 1.51 bits per heavy atom. The number of piperidine rings is 1. The SMILES string of the molecule is Nc1nccn2c(C3CC(N4CCC(N5CCCC5)CC4)C3)nc(-c3ccc4ccc(-c5ccccc5)nc4c3)c12. The first-order valence-corrected chi connectivity index (χ1v) is 15.3. The van der Waals surface area contributed by atoms with E-state index in [4.69, 9.17) is 15.7 Å². The van der Waals surface area contributed by atoms with Crippen molar-refractivity contribution in [2.75, 3.05) is 31.9 Å². The van der Waals surface area contributed by atoms with E-state index in [1.807, 2.05) is 24.4 Å². The molecule has 8 rings (SSSR count). The number of pyridine rings is 1. The van der Waals surface area contributed by atoms with Gasteiger partial charge in [-0.25, -0.2) is 15.0 Å². The number of imidazole rings is 1. The predicted octanol–water partition coefficient (Wildman–Crippen LogP) is 6.00. The van der Waals surface area contributed by atoms with Crippen LogP contribution in [-0.2, 0) is 0 Å². The molecule has 208 valence electrons. The predicted molar refractivity (Wildman–Crippen MR) is 165 cm³/mol. The molecule has 3 aliphatic rings. The molecule has 0 amide bonds. The van der Waals surface area contributed by atoms with Gasteiger partial charge >= 0.3 is 0 Å². The average Bonchev–Trinajstić information content (AvgIpc) is 3.67. The maximum atomic E-state index is 6.49. The second kappa shape index (κ2) is 10.2. The molecule has 0 bridgehead atoms. The number of rotatable bonds is 5. The number of fused-ring (bicyclic) bond motifs is 2. The van der Waals surface area contributed by atoms with Crippen LogP contribution in [0.5, 0.6) is 0 Å². The van der Waals surface area contributed by atoms with Crippen molar-refractivity contribution in [2.24, 2.45) is 0 Å². The summed E-state index contributed by atoms with van der Waals surface area (Å²) in [5.41, 5.74) is 12.3. The number of nitrogens with two attached hydrogens (primary N) is 1. The van der Waals surface area contributed by atoms with Crippen LogP contribution in [0.1, 0.15) is 50.3 Å². The zero-order valence-electron chi connectivity index (χ0n) is 23.5. The molecule has 2 aliphatic heterocycles. The lowest BCUT2D eigenvalue weighted by atomic mass is 9.78. The Kier molecular flexibility index (Phi) is 6.22. The van der Waals surface area contributed by atoms with Crippen LogP contribution in [0.25, 0.3) is 38.9 Å². The average molecular weight is 544 g/mol. The van der Waals surface area contributed by atoms with Crippen molar-refractivity contribution in [2.45, 2.75) is 56.5 Å². The highest BCUT2D eigenvalue weighted by Crippen LogP contribution is 2.43. The van der Waals surface area contributed by atoms with Crippen molar-refractivity contribution in [1.29, 1.82) is 0 Å². The van der Waals surface area contributed by atoms with Gasteiger partial charge in [-0.2, -0.15) is 0 Å². The molecule has 0 radical (unpaired) electrons. The second-order valence-corrected chi connectivity index (χ2v) is 12.2. The third-order valence-electron chi connectivity index (χ3n) is 9.80. The van der Waals surface area contributed by atoms with Crippen LogP contribution in [0, 0.1) is 0 Å². The minimum Gasteiger partial charge on any atom is -0.382 e. The molecule has 1 aliphatic carbocycles. The van der Waals surface area contributed by atoms with E-state index in [2.05, 4.69) is 61.6 Å². The van der Waals surface area contributed by atoms with E-state index in [-0.39, 0.29) is 0 Å². The van der Waals surface area contributed by atoms with Gasteiger partial charge in [-0.15, -0.1) is 0 Å². The van der Waals surface area contributed by atoms with Crippen molar-refractivity contribution in [3.63, 3.8) is 0 Å². The molecule has 1 saturated carbocycles. The standard InChI is InChI=1S/C34H37N7/c35-33-32-31(25-9-8-24-10-11-29(37-30(24)22-25)23-6-2-1-3-7-23)38-34(41(32)19-14-36-33)26-20-28(21-26)40-17-12-27(13-18-40)39-15-4-5-16-39/h1-3,6-11,14,19,22,26-28H,4-5,12-13,15-18,20-21H2,(H2,35,36). The highest BCUT2D eigenvalue weighted by Gasteiger charge is 2.39. The lowest BCUT2D eigenvalue weighted by Crippen LogP contribution is -2.51. The third-order valence-corrected chi connectivity index (χ3v) is 9.80. The number of anilines is 1. The van der Waals surface area contributed by atoms with E-state index in [1.165, 1.54) is 51.9 Å². The van der Waals surface area contributed by atoms with E-state index >= 15 is 0 Å². The lowest BCUT2D eigenvalue weighted by molar-refractivity contribution is 0.0525. The van der Waals surface area contributed by atoms with E-state index < -0.39 is 0 Å². The summed E-state index contributed by atoms with van der Waals surface area (Å²) in [6.45, 7) is 5.09. The Hall–Kier alpha value is -3.81. The Morgan fingerprint density at radius 3 is 2.32 bits per heavy atom. The molecule has 41 heavy (non-hydrogen) atoms. The van der Waals surface area contributed by atoms with Gasteiger partial charge in [0.2, 0.25) is 0 Å². The highest BCUT2D eigenvalue weighted by molar-refractivity contribution is 5.91. The summed E-state index contributed by atoms with van der Waals surface area (Å²) < 4.78 is 2.19. The lowest BCUT2D eigenvalue weighted by Gasteiger charge is -2.46. The zero-order chi connectivity index (χ0) is 27.3. The molecule has 2 N–H and O–H groups in total. The van der Waals surface area contributed by atoms with Gasteiger partial charge < -0.3 is 15.5 Å². The summed E-state index contributed by atoms with van der Waals surface area (Å²) in [4.78, 5) is 20.2. The fourth-order valence-corrected chi connectivity index (χ4v) is 7.43. The minimum absolute atomic E-state index is 0.433. The summed E-state index contributed by atoms with van der Waals surface area (Å²) in [6, 6.07) is 22.4.